The van der Waals surface area contributed by atoms with Crippen molar-refractivity contribution in [3.05, 3.63) is 24.3 Å². The maximum Gasteiger partial charge on any atom is 0.573 e. The summed E-state index contributed by atoms with van der Waals surface area (Å²) in [6.07, 6.45) is -2.74. The van der Waals surface area contributed by atoms with Crippen LogP contribution in [-0.4, -0.2) is 75.6 Å². The molecular formula is C18H22F3N5O4S2. The van der Waals surface area contributed by atoms with Crippen LogP contribution in [-0.2, 0) is 14.6 Å². The average molecular weight is 494 g/mol. The summed E-state index contributed by atoms with van der Waals surface area (Å²) < 4.78 is 65.8. The van der Waals surface area contributed by atoms with Gasteiger partial charge >= 0.3 is 6.36 Å². The number of nitrogens with zero attached hydrogens (tertiary/aromatic N) is 5. The van der Waals surface area contributed by atoms with Crippen LogP contribution < -0.4 is 4.74 Å². The van der Waals surface area contributed by atoms with Gasteiger partial charge < -0.3 is 9.64 Å². The van der Waals surface area contributed by atoms with Crippen LogP contribution in [0.1, 0.15) is 26.2 Å². The molecule has 0 spiro atoms. The van der Waals surface area contributed by atoms with Crippen molar-refractivity contribution in [1.29, 1.82) is 0 Å². The van der Waals surface area contributed by atoms with Crippen LogP contribution in [0, 0.1) is 0 Å². The second-order valence-corrected chi connectivity index (χ2v) is 10.4. The van der Waals surface area contributed by atoms with E-state index < -0.39 is 16.2 Å². The summed E-state index contributed by atoms with van der Waals surface area (Å²) in [6.45, 7) is 2.46. The molecule has 1 aromatic carbocycles. The molecule has 32 heavy (non-hydrogen) atoms. The molecule has 1 saturated heterocycles. The highest BCUT2D eigenvalue weighted by atomic mass is 32.2. The summed E-state index contributed by atoms with van der Waals surface area (Å²) in [7, 11) is -3.13. The molecular weight excluding hydrogens is 471 g/mol. The van der Waals surface area contributed by atoms with Gasteiger partial charge in [-0.05, 0) is 47.5 Å². The zero-order chi connectivity index (χ0) is 23.4. The number of hydrogen-bond donors (Lipinski definition) is 0. The van der Waals surface area contributed by atoms with Crippen molar-refractivity contribution in [3.8, 4) is 11.4 Å². The highest BCUT2D eigenvalue weighted by Crippen LogP contribution is 2.26. The van der Waals surface area contributed by atoms with Gasteiger partial charge in [-0.2, -0.15) is 4.68 Å². The number of carbonyl (C=O) groups excluding carboxylic acids is 1. The number of rotatable bonds is 9. The number of benzene rings is 1. The number of thioether (sulfide) groups is 1. The Morgan fingerprint density at radius 2 is 2.03 bits per heavy atom. The maximum atomic E-state index is 12.9. The summed E-state index contributed by atoms with van der Waals surface area (Å²) in [5.74, 6) is -0.550. The lowest BCUT2D eigenvalue weighted by Crippen LogP contribution is -2.42. The first kappa shape index (κ1) is 24.3. The largest absolute Gasteiger partial charge is 0.573 e. The van der Waals surface area contributed by atoms with Gasteiger partial charge in [0.2, 0.25) is 11.1 Å². The molecule has 0 aliphatic carbocycles. The van der Waals surface area contributed by atoms with Crippen LogP contribution in [0.2, 0.25) is 0 Å². The Labute approximate surface area is 187 Å². The Balaban J connectivity index is 1.67. The van der Waals surface area contributed by atoms with Crippen molar-refractivity contribution in [2.24, 2.45) is 0 Å². The van der Waals surface area contributed by atoms with E-state index in [1.165, 1.54) is 16.8 Å². The minimum Gasteiger partial charge on any atom is -0.406 e. The van der Waals surface area contributed by atoms with E-state index in [9.17, 15) is 26.4 Å². The number of tetrazole rings is 1. The van der Waals surface area contributed by atoms with E-state index in [-0.39, 0.29) is 40.1 Å². The number of ether oxygens (including phenoxy) is 1. The van der Waals surface area contributed by atoms with E-state index in [4.69, 9.17) is 0 Å². The minimum absolute atomic E-state index is 0.00406. The van der Waals surface area contributed by atoms with Gasteiger partial charge in [0, 0.05) is 12.6 Å². The molecule has 0 radical (unpaired) electrons. The first-order chi connectivity index (χ1) is 15.1. The van der Waals surface area contributed by atoms with Gasteiger partial charge in [-0.3, -0.25) is 4.79 Å². The number of unbranched alkanes of at least 4 members (excludes halogenated alkanes) is 1. The number of amides is 1. The number of aromatic nitrogens is 4. The van der Waals surface area contributed by atoms with E-state index in [2.05, 4.69) is 20.3 Å². The number of carbonyl (C=O) groups is 1. The number of alkyl halides is 3. The molecule has 1 amide bonds. The SMILES string of the molecule is CCCCN(C(=O)CSc1nnnn1-c1ccc(OC(F)(F)F)cc1)C1CCS(=O)(=O)C1. The third-order valence-corrected chi connectivity index (χ3v) is 7.46. The smallest absolute Gasteiger partial charge is 0.406 e. The Morgan fingerprint density at radius 1 is 1.31 bits per heavy atom. The summed E-state index contributed by atoms with van der Waals surface area (Å²) >= 11 is 1.07. The highest BCUT2D eigenvalue weighted by Gasteiger charge is 2.34. The van der Waals surface area contributed by atoms with Gasteiger partial charge in [0.05, 0.1) is 22.9 Å². The van der Waals surface area contributed by atoms with Crippen LogP contribution in [0.5, 0.6) is 5.75 Å². The fourth-order valence-corrected chi connectivity index (χ4v) is 5.80. The zero-order valence-electron chi connectivity index (χ0n) is 17.2. The summed E-state index contributed by atoms with van der Waals surface area (Å²) in [5.41, 5.74) is 0.393. The van der Waals surface area contributed by atoms with Crippen molar-refractivity contribution in [1.82, 2.24) is 25.1 Å². The van der Waals surface area contributed by atoms with E-state index in [1.54, 1.807) is 4.90 Å². The molecule has 2 heterocycles. The summed E-state index contributed by atoms with van der Waals surface area (Å²) in [5, 5.41) is 11.6. The molecule has 0 N–H and O–H groups in total. The molecule has 1 aromatic heterocycles. The average Bonchev–Trinajstić information content (AvgIpc) is 3.32. The quantitative estimate of drug-likeness (QED) is 0.491. The normalized spacial score (nSPS) is 17.9. The van der Waals surface area contributed by atoms with Crippen LogP contribution in [0.15, 0.2) is 29.4 Å². The molecule has 1 aliphatic rings. The number of hydrogen-bond acceptors (Lipinski definition) is 8. The molecule has 14 heteroatoms. The fourth-order valence-electron chi connectivity index (χ4n) is 3.29. The Hall–Kier alpha value is -2.35. The molecule has 2 aromatic rings. The first-order valence-electron chi connectivity index (χ1n) is 9.85. The van der Waals surface area contributed by atoms with Crippen LogP contribution in [0.4, 0.5) is 13.2 Å². The molecule has 1 unspecified atom stereocenters. The lowest BCUT2D eigenvalue weighted by Gasteiger charge is -2.28. The molecule has 1 aliphatic heterocycles. The molecule has 0 saturated carbocycles. The van der Waals surface area contributed by atoms with Gasteiger partial charge in [-0.15, -0.1) is 18.3 Å². The second-order valence-electron chi connectivity index (χ2n) is 7.20. The Kier molecular flexibility index (Phi) is 7.64. The van der Waals surface area contributed by atoms with E-state index in [0.717, 1.165) is 36.7 Å². The van der Waals surface area contributed by atoms with Gasteiger partial charge in [0.25, 0.3) is 0 Å². The predicted molar refractivity (Wildman–Crippen MR) is 110 cm³/mol. The lowest BCUT2D eigenvalue weighted by molar-refractivity contribution is -0.274. The Bertz CT molecular complexity index is 1030. The van der Waals surface area contributed by atoms with Gasteiger partial charge in [0.1, 0.15) is 5.75 Å². The molecule has 9 nitrogen and oxygen atoms in total. The van der Waals surface area contributed by atoms with Crippen molar-refractivity contribution < 1.29 is 31.1 Å². The molecule has 3 rings (SSSR count). The topological polar surface area (TPSA) is 107 Å². The third-order valence-electron chi connectivity index (χ3n) is 4.80. The lowest BCUT2D eigenvalue weighted by atomic mass is 10.2. The first-order valence-corrected chi connectivity index (χ1v) is 12.7. The van der Waals surface area contributed by atoms with Crippen molar-refractivity contribution in [2.75, 3.05) is 23.8 Å². The number of sulfone groups is 1. The van der Waals surface area contributed by atoms with E-state index >= 15 is 0 Å². The van der Waals surface area contributed by atoms with Gasteiger partial charge in [0.15, 0.2) is 9.84 Å². The molecule has 176 valence electrons. The van der Waals surface area contributed by atoms with Crippen LogP contribution in [0.3, 0.4) is 0 Å². The molecule has 0 bridgehead atoms. The van der Waals surface area contributed by atoms with Crippen LogP contribution >= 0.6 is 11.8 Å². The number of halogens is 3. The van der Waals surface area contributed by atoms with Gasteiger partial charge in [-0.25, -0.2) is 8.42 Å². The Morgan fingerprint density at radius 3 is 2.62 bits per heavy atom. The molecule has 1 fully saturated rings. The standard InChI is InChI=1S/C18H22F3N5O4S2/c1-2-3-9-25(14-8-10-32(28,29)12-14)16(27)11-31-17-22-23-24-26(17)13-4-6-15(7-5-13)30-18(19,20)21/h4-7,14H,2-3,8-12H2,1H3. The van der Waals surface area contributed by atoms with Crippen LogP contribution in [0.25, 0.3) is 5.69 Å². The fraction of sp³-hybridized carbons (Fsp3) is 0.556. The highest BCUT2D eigenvalue weighted by molar-refractivity contribution is 7.99. The van der Waals surface area contributed by atoms with E-state index in [1.807, 2.05) is 6.92 Å². The summed E-state index contributed by atoms with van der Waals surface area (Å²) in [6, 6.07) is 4.66. The van der Waals surface area contributed by atoms with Gasteiger partial charge in [-0.1, -0.05) is 25.1 Å². The van der Waals surface area contributed by atoms with Crippen molar-refractivity contribution in [2.45, 2.75) is 43.7 Å². The minimum atomic E-state index is -4.79. The zero-order valence-corrected chi connectivity index (χ0v) is 18.8. The van der Waals surface area contributed by atoms with Crippen molar-refractivity contribution in [3.63, 3.8) is 0 Å². The second kappa shape index (κ2) is 10.1. The maximum absolute atomic E-state index is 12.9. The third kappa shape index (κ3) is 6.58. The van der Waals surface area contributed by atoms with E-state index in [0.29, 0.717) is 18.7 Å². The monoisotopic (exact) mass is 493 g/mol. The molecule has 1 atom stereocenters. The predicted octanol–water partition coefficient (Wildman–Crippen LogP) is 2.47. The van der Waals surface area contributed by atoms with Crippen molar-refractivity contribution >= 4 is 27.5 Å². The summed E-state index contributed by atoms with van der Waals surface area (Å²) in [4.78, 5) is 14.5.